The lowest BCUT2D eigenvalue weighted by Crippen LogP contribution is -2.51. The molecule has 0 aliphatic carbocycles. The Bertz CT molecular complexity index is 448. The van der Waals surface area contributed by atoms with E-state index in [0.717, 1.165) is 17.9 Å². The van der Waals surface area contributed by atoms with Crippen molar-refractivity contribution in [3.8, 4) is 0 Å². The van der Waals surface area contributed by atoms with Crippen molar-refractivity contribution < 1.29 is 9.90 Å². The summed E-state index contributed by atoms with van der Waals surface area (Å²) in [6.07, 6.45) is 0.928. The van der Waals surface area contributed by atoms with Gasteiger partial charge in [0, 0.05) is 10.6 Å². The lowest BCUT2D eigenvalue weighted by Gasteiger charge is -2.26. The molecular weight excluding hydrogens is 258 g/mol. The summed E-state index contributed by atoms with van der Waals surface area (Å²) in [7, 11) is 0. The van der Waals surface area contributed by atoms with E-state index < -0.39 is 11.5 Å². The predicted molar refractivity (Wildman–Crippen MR) is 81.0 cm³/mol. The van der Waals surface area contributed by atoms with Gasteiger partial charge in [-0.1, -0.05) is 24.6 Å². The maximum absolute atomic E-state index is 11.4. The Hall–Kier alpha value is -1.00. The highest BCUT2D eigenvalue weighted by molar-refractivity contribution is 7.99. The van der Waals surface area contributed by atoms with Crippen molar-refractivity contribution in [1.29, 1.82) is 0 Å². The van der Waals surface area contributed by atoms with E-state index in [1.54, 1.807) is 18.7 Å². The van der Waals surface area contributed by atoms with Crippen LogP contribution in [0.15, 0.2) is 23.1 Å². The third-order valence-electron chi connectivity index (χ3n) is 3.08. The van der Waals surface area contributed by atoms with Gasteiger partial charge in [0.2, 0.25) is 0 Å². The fraction of sp³-hybridized carbons (Fsp3) is 0.533. The van der Waals surface area contributed by atoms with Crippen LogP contribution in [-0.2, 0) is 4.79 Å². The SMILES string of the molecule is CCCNC(C)(CSc1ccc(C)cc1C)C(=O)O. The molecule has 0 aliphatic rings. The molecule has 4 heteroatoms. The van der Waals surface area contributed by atoms with Gasteiger partial charge in [0.1, 0.15) is 5.54 Å². The van der Waals surface area contributed by atoms with Crippen molar-refractivity contribution in [1.82, 2.24) is 5.32 Å². The van der Waals surface area contributed by atoms with Crippen molar-refractivity contribution in [2.24, 2.45) is 0 Å². The molecule has 1 atom stereocenters. The second-order valence-electron chi connectivity index (χ2n) is 5.12. The Kier molecular flexibility index (Phi) is 5.88. The molecule has 0 heterocycles. The molecule has 0 saturated carbocycles. The monoisotopic (exact) mass is 281 g/mol. The first-order chi connectivity index (χ1) is 8.89. The molecule has 0 fully saturated rings. The Morgan fingerprint density at radius 3 is 2.63 bits per heavy atom. The van der Waals surface area contributed by atoms with E-state index in [4.69, 9.17) is 0 Å². The molecule has 3 nitrogen and oxygen atoms in total. The number of carbonyl (C=O) groups is 1. The molecule has 1 aromatic rings. The fourth-order valence-electron chi connectivity index (χ4n) is 1.77. The van der Waals surface area contributed by atoms with E-state index in [1.165, 1.54) is 11.1 Å². The molecule has 0 saturated heterocycles. The number of thioether (sulfide) groups is 1. The van der Waals surface area contributed by atoms with E-state index in [9.17, 15) is 9.90 Å². The van der Waals surface area contributed by atoms with Gasteiger partial charge in [-0.15, -0.1) is 11.8 Å². The number of rotatable bonds is 7. The summed E-state index contributed by atoms with van der Waals surface area (Å²) in [4.78, 5) is 12.6. The molecule has 0 spiro atoms. The van der Waals surface area contributed by atoms with Crippen LogP contribution in [-0.4, -0.2) is 28.9 Å². The van der Waals surface area contributed by atoms with Crippen molar-refractivity contribution in [2.75, 3.05) is 12.3 Å². The van der Waals surface area contributed by atoms with E-state index in [0.29, 0.717) is 5.75 Å². The molecule has 0 amide bonds. The van der Waals surface area contributed by atoms with Crippen molar-refractivity contribution >= 4 is 17.7 Å². The van der Waals surface area contributed by atoms with Crippen LogP contribution < -0.4 is 5.32 Å². The van der Waals surface area contributed by atoms with Gasteiger partial charge >= 0.3 is 5.97 Å². The quantitative estimate of drug-likeness (QED) is 0.753. The van der Waals surface area contributed by atoms with E-state index in [1.807, 2.05) is 6.92 Å². The Balaban J connectivity index is 2.73. The summed E-state index contributed by atoms with van der Waals surface area (Å²) in [6, 6.07) is 6.25. The minimum atomic E-state index is -0.877. The first-order valence-corrected chi connectivity index (χ1v) is 7.56. The molecule has 1 aromatic carbocycles. The molecule has 106 valence electrons. The lowest BCUT2D eigenvalue weighted by atomic mass is 10.1. The van der Waals surface area contributed by atoms with Crippen LogP contribution in [0.3, 0.4) is 0 Å². The highest BCUT2D eigenvalue weighted by Gasteiger charge is 2.32. The number of benzene rings is 1. The van der Waals surface area contributed by atoms with Crippen LogP contribution in [0.5, 0.6) is 0 Å². The zero-order chi connectivity index (χ0) is 14.5. The number of aryl methyl sites for hydroxylation is 2. The van der Waals surface area contributed by atoms with Crippen molar-refractivity contribution in [3.63, 3.8) is 0 Å². The zero-order valence-corrected chi connectivity index (χ0v) is 12.9. The van der Waals surface area contributed by atoms with Crippen LogP contribution in [0.25, 0.3) is 0 Å². The van der Waals surface area contributed by atoms with Crippen LogP contribution >= 0.6 is 11.8 Å². The average molecular weight is 281 g/mol. The van der Waals surface area contributed by atoms with Crippen molar-refractivity contribution in [2.45, 2.75) is 44.6 Å². The molecule has 1 rings (SSSR count). The first kappa shape index (κ1) is 16.1. The predicted octanol–water partition coefficient (Wildman–Crippen LogP) is 3.24. The Morgan fingerprint density at radius 2 is 2.11 bits per heavy atom. The van der Waals surface area contributed by atoms with Crippen LogP contribution in [0.4, 0.5) is 0 Å². The third kappa shape index (κ3) is 4.55. The molecule has 0 bridgehead atoms. The second kappa shape index (κ2) is 6.96. The lowest BCUT2D eigenvalue weighted by molar-refractivity contribution is -0.143. The highest BCUT2D eigenvalue weighted by atomic mass is 32.2. The zero-order valence-electron chi connectivity index (χ0n) is 12.1. The molecule has 19 heavy (non-hydrogen) atoms. The summed E-state index contributed by atoms with van der Waals surface area (Å²) < 4.78 is 0. The number of carboxylic acids is 1. The van der Waals surface area contributed by atoms with Gasteiger partial charge in [-0.3, -0.25) is 4.79 Å². The van der Waals surface area contributed by atoms with Gasteiger partial charge < -0.3 is 10.4 Å². The fourth-order valence-corrected chi connectivity index (χ4v) is 2.89. The number of hydrogen-bond donors (Lipinski definition) is 2. The Labute approximate surface area is 119 Å². The van der Waals surface area contributed by atoms with Gasteiger partial charge in [0.05, 0.1) is 0 Å². The largest absolute Gasteiger partial charge is 0.480 e. The van der Waals surface area contributed by atoms with Gasteiger partial charge in [0.25, 0.3) is 0 Å². The molecule has 0 aromatic heterocycles. The summed E-state index contributed by atoms with van der Waals surface area (Å²) in [6.45, 7) is 8.63. The summed E-state index contributed by atoms with van der Waals surface area (Å²) in [5, 5.41) is 12.5. The molecule has 0 aliphatic heterocycles. The number of carboxylic acid groups (broad SMARTS) is 1. The molecule has 2 N–H and O–H groups in total. The number of aliphatic carboxylic acids is 1. The van der Waals surface area contributed by atoms with E-state index >= 15 is 0 Å². The van der Waals surface area contributed by atoms with Crippen LogP contribution in [0.2, 0.25) is 0 Å². The standard InChI is InChI=1S/C15H23NO2S/c1-5-8-16-15(4,14(17)18)10-19-13-7-6-11(2)9-12(13)3/h6-7,9,16H,5,8,10H2,1-4H3,(H,17,18). The average Bonchev–Trinajstić information content (AvgIpc) is 2.35. The normalized spacial score (nSPS) is 14.1. The summed E-state index contributed by atoms with van der Waals surface area (Å²) in [5.74, 6) is -0.273. The molecule has 1 unspecified atom stereocenters. The summed E-state index contributed by atoms with van der Waals surface area (Å²) >= 11 is 1.60. The maximum atomic E-state index is 11.4. The molecule has 0 radical (unpaired) electrons. The van der Waals surface area contributed by atoms with Crippen LogP contribution in [0, 0.1) is 13.8 Å². The smallest absolute Gasteiger partial charge is 0.324 e. The first-order valence-electron chi connectivity index (χ1n) is 6.57. The van der Waals surface area contributed by atoms with Gasteiger partial charge in [-0.05, 0) is 45.4 Å². The maximum Gasteiger partial charge on any atom is 0.324 e. The summed E-state index contributed by atoms with van der Waals surface area (Å²) in [5.41, 5.74) is 1.55. The number of nitrogens with one attached hydrogen (secondary N) is 1. The van der Waals surface area contributed by atoms with Gasteiger partial charge in [-0.2, -0.15) is 0 Å². The van der Waals surface area contributed by atoms with Gasteiger partial charge in [-0.25, -0.2) is 0 Å². The van der Waals surface area contributed by atoms with Crippen molar-refractivity contribution in [3.05, 3.63) is 29.3 Å². The van der Waals surface area contributed by atoms with Crippen LogP contribution in [0.1, 0.15) is 31.4 Å². The number of hydrogen-bond acceptors (Lipinski definition) is 3. The highest BCUT2D eigenvalue weighted by Crippen LogP contribution is 2.26. The van der Waals surface area contributed by atoms with Gasteiger partial charge in [0.15, 0.2) is 0 Å². The van der Waals surface area contributed by atoms with E-state index in [-0.39, 0.29) is 0 Å². The minimum absolute atomic E-state index is 0.520. The second-order valence-corrected chi connectivity index (χ2v) is 6.14. The molecular formula is C15H23NO2S. The third-order valence-corrected chi connectivity index (χ3v) is 4.57. The topological polar surface area (TPSA) is 49.3 Å². The Morgan fingerprint density at radius 1 is 1.42 bits per heavy atom. The van der Waals surface area contributed by atoms with E-state index in [2.05, 4.69) is 37.4 Å². The minimum Gasteiger partial charge on any atom is -0.480 e.